The van der Waals surface area contributed by atoms with Gasteiger partial charge in [0.25, 0.3) is 0 Å². The smallest absolute Gasteiger partial charge is 0.416 e. The van der Waals surface area contributed by atoms with Crippen LogP contribution in [-0.4, -0.2) is 56.8 Å². The van der Waals surface area contributed by atoms with Crippen LogP contribution >= 0.6 is 0 Å². The first-order valence-corrected chi connectivity index (χ1v) is 13.8. The fraction of sp³-hybridized carbons (Fsp3) is 0.516. The van der Waals surface area contributed by atoms with Gasteiger partial charge in [0.05, 0.1) is 18.8 Å². The van der Waals surface area contributed by atoms with E-state index in [1.165, 1.54) is 36.6 Å². The number of likely N-dealkylation sites (tertiary alicyclic amines) is 1. The molecule has 2 aromatic carbocycles. The van der Waals surface area contributed by atoms with Crippen molar-refractivity contribution in [1.82, 2.24) is 10.2 Å². The van der Waals surface area contributed by atoms with Crippen molar-refractivity contribution in [1.29, 1.82) is 0 Å². The first kappa shape index (κ1) is 27.7. The van der Waals surface area contributed by atoms with E-state index in [2.05, 4.69) is 22.3 Å². The summed E-state index contributed by atoms with van der Waals surface area (Å²) in [6.07, 6.45) is 3.34. The van der Waals surface area contributed by atoms with Crippen LogP contribution < -0.4 is 10.1 Å². The van der Waals surface area contributed by atoms with Crippen molar-refractivity contribution in [3.63, 3.8) is 0 Å². The predicted octanol–water partition coefficient (Wildman–Crippen LogP) is 5.69. The van der Waals surface area contributed by atoms with Gasteiger partial charge in [0.15, 0.2) is 0 Å². The second-order valence-corrected chi connectivity index (χ2v) is 11.3. The molecule has 5 nitrogen and oxygen atoms in total. The second-order valence-electron chi connectivity index (χ2n) is 11.3. The van der Waals surface area contributed by atoms with Gasteiger partial charge in [-0.05, 0) is 86.0 Å². The number of carbonyl (C=O) groups is 1. The molecule has 2 aromatic rings. The highest BCUT2D eigenvalue weighted by Crippen LogP contribution is 2.51. The maximum absolute atomic E-state index is 13.1. The van der Waals surface area contributed by atoms with Crippen molar-refractivity contribution in [3.8, 4) is 5.75 Å². The first-order valence-electron chi connectivity index (χ1n) is 13.8. The summed E-state index contributed by atoms with van der Waals surface area (Å²) >= 11 is 0. The number of amides is 1. The number of hydrogen-bond donors (Lipinski definition) is 1. The molecule has 3 aliphatic rings. The normalized spacial score (nSPS) is 27.8. The minimum atomic E-state index is -4.43. The summed E-state index contributed by atoms with van der Waals surface area (Å²) in [7, 11) is 3.42. The average molecular weight is 543 g/mol. The molecule has 2 aliphatic carbocycles. The lowest BCUT2D eigenvalue weighted by Crippen LogP contribution is -2.61. The van der Waals surface area contributed by atoms with Gasteiger partial charge in [-0.15, -0.1) is 0 Å². The van der Waals surface area contributed by atoms with Gasteiger partial charge in [-0.2, -0.15) is 13.2 Å². The van der Waals surface area contributed by atoms with E-state index in [-0.39, 0.29) is 29.4 Å². The molecule has 4 atom stereocenters. The molecule has 5 rings (SSSR count). The van der Waals surface area contributed by atoms with E-state index in [0.717, 1.165) is 56.3 Å². The van der Waals surface area contributed by atoms with E-state index < -0.39 is 11.7 Å². The van der Waals surface area contributed by atoms with E-state index in [4.69, 9.17) is 9.47 Å². The third-order valence-electron chi connectivity index (χ3n) is 8.76. The molecule has 8 heteroatoms. The zero-order chi connectivity index (χ0) is 27.6. The zero-order valence-corrected chi connectivity index (χ0v) is 22.5. The van der Waals surface area contributed by atoms with Crippen molar-refractivity contribution < 1.29 is 27.4 Å². The topological polar surface area (TPSA) is 50.8 Å². The highest BCUT2D eigenvalue weighted by Gasteiger charge is 2.53. The molecule has 0 radical (unpaired) electrons. The van der Waals surface area contributed by atoms with Crippen LogP contribution in [0.2, 0.25) is 0 Å². The number of halogens is 3. The van der Waals surface area contributed by atoms with Crippen LogP contribution in [-0.2, 0) is 21.1 Å². The molecular weight excluding hydrogens is 505 g/mol. The van der Waals surface area contributed by atoms with Crippen LogP contribution in [0.3, 0.4) is 0 Å². The van der Waals surface area contributed by atoms with Crippen molar-refractivity contribution in [2.24, 2.45) is 11.8 Å². The van der Waals surface area contributed by atoms with Crippen LogP contribution in [0.25, 0.3) is 6.08 Å². The third kappa shape index (κ3) is 6.33. The Hall–Kier alpha value is -2.84. The van der Waals surface area contributed by atoms with Crippen LogP contribution in [0.4, 0.5) is 13.2 Å². The van der Waals surface area contributed by atoms with Crippen molar-refractivity contribution >= 4 is 12.0 Å². The summed E-state index contributed by atoms with van der Waals surface area (Å²) in [5.41, 5.74) is 0.614. The minimum Gasteiger partial charge on any atom is -0.497 e. The van der Waals surface area contributed by atoms with E-state index in [0.29, 0.717) is 12.0 Å². The number of methoxy groups -OCH3 is 2. The molecule has 39 heavy (non-hydrogen) atoms. The van der Waals surface area contributed by atoms with Crippen molar-refractivity contribution in [2.75, 3.05) is 33.9 Å². The Balaban J connectivity index is 1.36. The lowest BCUT2D eigenvalue weighted by atomic mass is 9.57. The fourth-order valence-corrected chi connectivity index (χ4v) is 6.63. The van der Waals surface area contributed by atoms with Crippen molar-refractivity contribution in [2.45, 2.75) is 55.8 Å². The Labute approximate surface area is 228 Å². The highest BCUT2D eigenvalue weighted by atomic mass is 19.4. The molecule has 4 unspecified atom stereocenters. The number of ether oxygens (including phenoxy) is 2. The summed E-state index contributed by atoms with van der Waals surface area (Å²) in [5, 5.41) is 3.14. The van der Waals surface area contributed by atoms with Crippen molar-refractivity contribution in [3.05, 3.63) is 71.3 Å². The SMILES string of the molecule is COc1cccc(C23CCN(CC4CC4)CC2C(OC)CC(NC(=O)C=Cc2cccc(C(F)(F)F)c2)C3)c1. The molecular formula is C31H37F3N2O3. The molecule has 1 amide bonds. The van der Waals surface area contributed by atoms with E-state index in [1.54, 1.807) is 20.3 Å². The summed E-state index contributed by atoms with van der Waals surface area (Å²) in [6.45, 7) is 3.10. The van der Waals surface area contributed by atoms with Crippen LogP contribution in [0.1, 0.15) is 48.8 Å². The average Bonchev–Trinajstić information content (AvgIpc) is 3.75. The quantitative estimate of drug-likeness (QED) is 0.436. The summed E-state index contributed by atoms with van der Waals surface area (Å²) in [5.74, 6) is 1.58. The van der Waals surface area contributed by atoms with Gasteiger partial charge in [0, 0.05) is 43.7 Å². The number of carbonyl (C=O) groups excluding carboxylic acids is 1. The van der Waals surface area contributed by atoms with Crippen LogP contribution in [0.5, 0.6) is 5.75 Å². The summed E-state index contributed by atoms with van der Waals surface area (Å²) < 4.78 is 50.9. The summed E-state index contributed by atoms with van der Waals surface area (Å²) in [6, 6.07) is 13.1. The standard InChI is InChI=1S/C31H37F3N2O3/c1-38-26-8-4-6-23(16-26)30-13-14-36(19-22-9-10-22)20-27(30)28(39-2)17-25(18-30)35-29(37)12-11-21-5-3-7-24(15-21)31(32,33)34/h3-8,11-12,15-16,22,25,27-28H,9-10,13-14,17-20H2,1-2H3,(H,35,37). The van der Waals surface area contributed by atoms with Gasteiger partial charge >= 0.3 is 6.18 Å². The highest BCUT2D eigenvalue weighted by molar-refractivity contribution is 5.92. The molecule has 210 valence electrons. The van der Waals surface area contributed by atoms with Gasteiger partial charge in [-0.25, -0.2) is 0 Å². The Bertz CT molecular complexity index is 1200. The van der Waals surface area contributed by atoms with E-state index >= 15 is 0 Å². The molecule has 0 spiro atoms. The van der Waals surface area contributed by atoms with Crippen LogP contribution in [0, 0.1) is 11.8 Å². The maximum Gasteiger partial charge on any atom is 0.416 e. The Kier molecular flexibility index (Phi) is 8.06. The molecule has 1 heterocycles. The maximum atomic E-state index is 13.1. The molecule has 1 saturated heterocycles. The predicted molar refractivity (Wildman–Crippen MR) is 144 cm³/mol. The number of hydrogen-bond acceptors (Lipinski definition) is 4. The lowest BCUT2D eigenvalue weighted by Gasteiger charge is -2.55. The number of piperidine rings is 1. The molecule has 2 saturated carbocycles. The second kappa shape index (κ2) is 11.3. The molecule has 0 aromatic heterocycles. The van der Waals surface area contributed by atoms with Gasteiger partial charge < -0.3 is 19.7 Å². The number of alkyl halides is 3. The molecule has 1 aliphatic heterocycles. The molecule has 0 bridgehead atoms. The Morgan fingerprint density at radius 3 is 2.67 bits per heavy atom. The molecule has 3 fully saturated rings. The Morgan fingerprint density at radius 2 is 1.95 bits per heavy atom. The molecule has 1 N–H and O–H groups in total. The monoisotopic (exact) mass is 542 g/mol. The van der Waals surface area contributed by atoms with Gasteiger partial charge in [0.1, 0.15) is 5.75 Å². The van der Waals surface area contributed by atoms with Gasteiger partial charge in [0.2, 0.25) is 5.91 Å². The number of nitrogens with one attached hydrogen (secondary N) is 1. The number of rotatable bonds is 8. The number of nitrogens with zero attached hydrogens (tertiary/aromatic N) is 1. The zero-order valence-electron chi connectivity index (χ0n) is 22.5. The Morgan fingerprint density at radius 1 is 1.15 bits per heavy atom. The van der Waals surface area contributed by atoms with Crippen LogP contribution in [0.15, 0.2) is 54.6 Å². The van der Waals surface area contributed by atoms with Gasteiger partial charge in [-0.1, -0.05) is 24.3 Å². The lowest BCUT2D eigenvalue weighted by molar-refractivity contribution is -0.137. The summed E-state index contributed by atoms with van der Waals surface area (Å²) in [4.78, 5) is 15.5. The van der Waals surface area contributed by atoms with E-state index in [9.17, 15) is 18.0 Å². The number of benzene rings is 2. The third-order valence-corrected chi connectivity index (χ3v) is 8.76. The van der Waals surface area contributed by atoms with E-state index in [1.807, 2.05) is 12.1 Å². The minimum absolute atomic E-state index is 0.0373. The largest absolute Gasteiger partial charge is 0.497 e. The number of fused-ring (bicyclic) bond motifs is 1. The first-order chi connectivity index (χ1) is 18.7. The van der Waals surface area contributed by atoms with Gasteiger partial charge in [-0.3, -0.25) is 4.79 Å². The fourth-order valence-electron chi connectivity index (χ4n) is 6.63.